The fraction of sp³-hybridized carbons (Fsp3) is 0.708. The fourth-order valence-corrected chi connectivity index (χ4v) is 4.94. The molecule has 2 fully saturated rings. The van der Waals surface area contributed by atoms with Crippen LogP contribution in [0.25, 0.3) is 0 Å². The van der Waals surface area contributed by atoms with Crippen LogP contribution >= 0.6 is 0 Å². The maximum Gasteiger partial charge on any atom is 0.231 e. The average molecular weight is 417 g/mol. The Labute approximate surface area is 180 Å². The maximum absolute atomic E-state index is 11.8. The molecule has 2 atom stereocenters. The first-order chi connectivity index (χ1) is 14.4. The molecule has 1 aromatic rings. The molecular weight excluding hydrogens is 380 g/mol. The smallest absolute Gasteiger partial charge is 0.231 e. The number of rotatable bonds is 7. The number of fused-ring (bicyclic) bond motifs is 1. The number of nitrogens with zero attached hydrogens (tertiary/aromatic N) is 1. The van der Waals surface area contributed by atoms with Crippen molar-refractivity contribution in [3.63, 3.8) is 0 Å². The first kappa shape index (κ1) is 21.4. The lowest BCUT2D eigenvalue weighted by Crippen LogP contribution is -2.46. The molecule has 1 N–H and O–H groups in total. The molecule has 3 heterocycles. The maximum atomic E-state index is 11.8. The molecule has 0 bridgehead atoms. The molecular formula is C24H36N2O4. The van der Waals surface area contributed by atoms with Crippen LogP contribution in [0.1, 0.15) is 52.0 Å². The summed E-state index contributed by atoms with van der Waals surface area (Å²) in [6.07, 6.45) is 5.59. The number of hydrogen-bond acceptors (Lipinski definition) is 5. The van der Waals surface area contributed by atoms with E-state index < -0.39 is 0 Å². The van der Waals surface area contributed by atoms with Crippen LogP contribution < -0.4 is 14.8 Å². The third kappa shape index (κ3) is 5.09. The van der Waals surface area contributed by atoms with Crippen molar-refractivity contribution in [1.82, 2.24) is 10.2 Å². The summed E-state index contributed by atoms with van der Waals surface area (Å²) in [6, 6.07) is 6.29. The third-order valence-electron chi connectivity index (χ3n) is 6.73. The molecule has 0 saturated carbocycles. The third-order valence-corrected chi connectivity index (χ3v) is 6.73. The number of hydrogen-bond donors (Lipinski definition) is 1. The molecule has 3 aliphatic heterocycles. The molecule has 6 heteroatoms. The molecule has 0 aromatic heterocycles. The second-order valence-corrected chi connectivity index (χ2v) is 9.66. The molecule has 2 saturated heterocycles. The minimum atomic E-state index is 0.0308. The van der Waals surface area contributed by atoms with Gasteiger partial charge in [-0.05, 0) is 55.7 Å². The van der Waals surface area contributed by atoms with Crippen LogP contribution in [-0.2, 0) is 16.0 Å². The van der Waals surface area contributed by atoms with E-state index in [1.807, 2.05) is 19.9 Å². The lowest BCUT2D eigenvalue weighted by Gasteiger charge is -2.40. The van der Waals surface area contributed by atoms with Gasteiger partial charge < -0.3 is 24.4 Å². The highest BCUT2D eigenvalue weighted by atomic mass is 16.7. The summed E-state index contributed by atoms with van der Waals surface area (Å²) in [4.78, 5) is 14.4. The summed E-state index contributed by atoms with van der Waals surface area (Å²) < 4.78 is 17.4. The zero-order valence-electron chi connectivity index (χ0n) is 18.6. The highest BCUT2D eigenvalue weighted by Gasteiger charge is 2.42. The number of piperidine rings is 1. The van der Waals surface area contributed by atoms with Crippen LogP contribution in [0.3, 0.4) is 0 Å². The number of benzene rings is 1. The van der Waals surface area contributed by atoms with Gasteiger partial charge in [0.2, 0.25) is 12.7 Å². The van der Waals surface area contributed by atoms with Gasteiger partial charge in [-0.15, -0.1) is 0 Å². The quantitative estimate of drug-likeness (QED) is 0.738. The molecule has 1 aromatic carbocycles. The Kier molecular flexibility index (Phi) is 6.54. The summed E-state index contributed by atoms with van der Waals surface area (Å²) in [7, 11) is 0. The van der Waals surface area contributed by atoms with E-state index >= 15 is 0 Å². The normalized spacial score (nSPS) is 23.8. The van der Waals surface area contributed by atoms with Crippen LogP contribution in [0.2, 0.25) is 0 Å². The van der Waals surface area contributed by atoms with Gasteiger partial charge in [0.05, 0.1) is 11.7 Å². The first-order valence-electron chi connectivity index (χ1n) is 11.5. The van der Waals surface area contributed by atoms with Crippen molar-refractivity contribution in [3.8, 4) is 11.5 Å². The molecule has 0 unspecified atom stereocenters. The van der Waals surface area contributed by atoms with E-state index in [0.717, 1.165) is 63.2 Å². The van der Waals surface area contributed by atoms with Crippen molar-refractivity contribution in [1.29, 1.82) is 0 Å². The molecule has 4 rings (SSSR count). The lowest BCUT2D eigenvalue weighted by molar-refractivity contribution is -0.125. The minimum Gasteiger partial charge on any atom is -0.454 e. The van der Waals surface area contributed by atoms with Crippen molar-refractivity contribution in [2.24, 2.45) is 11.8 Å². The van der Waals surface area contributed by atoms with Gasteiger partial charge in [0.1, 0.15) is 0 Å². The molecule has 0 aliphatic carbocycles. The van der Waals surface area contributed by atoms with Crippen molar-refractivity contribution in [2.75, 3.05) is 33.0 Å². The van der Waals surface area contributed by atoms with Crippen LogP contribution in [-0.4, -0.2) is 55.5 Å². The lowest BCUT2D eigenvalue weighted by atomic mass is 9.88. The van der Waals surface area contributed by atoms with Crippen LogP contribution in [0, 0.1) is 11.8 Å². The highest BCUT2D eigenvalue weighted by molar-refractivity contribution is 5.77. The van der Waals surface area contributed by atoms with Gasteiger partial charge >= 0.3 is 0 Å². The van der Waals surface area contributed by atoms with E-state index in [-0.39, 0.29) is 23.5 Å². The number of carbonyl (C=O) groups excluding carboxylic acids is 1. The second kappa shape index (κ2) is 9.15. The topological polar surface area (TPSA) is 60.0 Å². The van der Waals surface area contributed by atoms with Crippen molar-refractivity contribution >= 4 is 5.91 Å². The van der Waals surface area contributed by atoms with Gasteiger partial charge in [0.15, 0.2) is 11.5 Å². The Hall–Kier alpha value is -1.79. The van der Waals surface area contributed by atoms with Gasteiger partial charge in [-0.3, -0.25) is 4.79 Å². The van der Waals surface area contributed by atoms with Crippen LogP contribution in [0.4, 0.5) is 0 Å². The van der Waals surface area contributed by atoms with Gasteiger partial charge in [-0.2, -0.15) is 0 Å². The second-order valence-electron chi connectivity index (χ2n) is 9.66. The van der Waals surface area contributed by atoms with Crippen LogP contribution in [0.5, 0.6) is 11.5 Å². The summed E-state index contributed by atoms with van der Waals surface area (Å²) in [5.74, 6) is 2.46. The molecule has 6 nitrogen and oxygen atoms in total. The number of ether oxygens (including phenoxy) is 3. The summed E-state index contributed by atoms with van der Waals surface area (Å²) >= 11 is 0. The molecule has 3 aliphatic rings. The monoisotopic (exact) mass is 416 g/mol. The van der Waals surface area contributed by atoms with Crippen molar-refractivity contribution < 1.29 is 19.0 Å². The first-order valence-corrected chi connectivity index (χ1v) is 11.5. The van der Waals surface area contributed by atoms with Gasteiger partial charge in [0.25, 0.3) is 0 Å². The minimum absolute atomic E-state index is 0.0308. The molecule has 0 radical (unpaired) electrons. The largest absolute Gasteiger partial charge is 0.454 e. The van der Waals surface area contributed by atoms with Crippen LogP contribution in [0.15, 0.2) is 18.2 Å². The molecule has 1 amide bonds. The Morgan fingerprint density at radius 2 is 1.93 bits per heavy atom. The fourth-order valence-electron chi connectivity index (χ4n) is 4.94. The Balaban J connectivity index is 1.20. The summed E-state index contributed by atoms with van der Waals surface area (Å²) in [5.41, 5.74) is 1.34. The van der Waals surface area contributed by atoms with E-state index in [2.05, 4.69) is 29.3 Å². The number of carbonyl (C=O) groups is 1. The highest BCUT2D eigenvalue weighted by Crippen LogP contribution is 2.39. The zero-order valence-corrected chi connectivity index (χ0v) is 18.6. The van der Waals surface area contributed by atoms with E-state index in [1.165, 1.54) is 5.56 Å². The van der Waals surface area contributed by atoms with Gasteiger partial charge in [-0.25, -0.2) is 0 Å². The van der Waals surface area contributed by atoms with E-state index in [4.69, 9.17) is 14.2 Å². The van der Waals surface area contributed by atoms with Gasteiger partial charge in [0, 0.05) is 32.1 Å². The van der Waals surface area contributed by atoms with E-state index in [9.17, 15) is 4.79 Å². The van der Waals surface area contributed by atoms with E-state index in [0.29, 0.717) is 19.3 Å². The molecule has 30 heavy (non-hydrogen) atoms. The zero-order chi connectivity index (χ0) is 21.1. The summed E-state index contributed by atoms with van der Waals surface area (Å²) in [5, 5.41) is 3.03. The van der Waals surface area contributed by atoms with Crippen molar-refractivity contribution in [3.05, 3.63) is 23.8 Å². The Morgan fingerprint density at radius 1 is 1.17 bits per heavy atom. The molecule has 166 valence electrons. The Morgan fingerprint density at radius 3 is 2.70 bits per heavy atom. The number of nitrogens with one attached hydrogen (secondary N) is 1. The number of amides is 1. The van der Waals surface area contributed by atoms with Crippen molar-refractivity contribution in [2.45, 2.75) is 64.6 Å². The summed E-state index contributed by atoms with van der Waals surface area (Å²) in [6.45, 7) is 10.5. The van der Waals surface area contributed by atoms with E-state index in [1.54, 1.807) is 0 Å². The number of likely N-dealkylation sites (tertiary alicyclic amines) is 1. The predicted molar refractivity (Wildman–Crippen MR) is 116 cm³/mol. The Bertz CT molecular complexity index is 743. The predicted octanol–water partition coefficient (Wildman–Crippen LogP) is 3.38. The molecule has 1 spiro atoms. The average Bonchev–Trinajstić information content (AvgIpc) is 3.35. The van der Waals surface area contributed by atoms with Gasteiger partial charge in [-0.1, -0.05) is 26.8 Å². The standard InChI is InChI=1S/C24H36N2O4/c1-17(2)23(27)25-14-20-6-7-24(30-20)8-10-26(11-9-24)15-18(3)12-19-4-5-21-22(13-19)29-16-28-21/h4-5,13,17-18,20H,6-12,14-16H2,1-3H3,(H,25,27)/t18-,20-/m0/s1. The SMILES string of the molecule is CC(C)C(=O)NC[C@@H]1CCC2(CCN(C[C@@H](C)Cc3ccc4c(c3)OCO4)CC2)O1.